The Kier molecular flexibility index (Phi) is 6.82. The lowest BCUT2D eigenvalue weighted by atomic mass is 9.98. The van der Waals surface area contributed by atoms with Gasteiger partial charge in [0, 0.05) is 46.5 Å². The van der Waals surface area contributed by atoms with E-state index in [-0.39, 0.29) is 24.4 Å². The average molecular weight is 456 g/mol. The molecule has 7 heteroatoms. The third-order valence-electron chi connectivity index (χ3n) is 4.62. The average Bonchev–Trinajstić information content (AvgIpc) is 3.10. The van der Waals surface area contributed by atoms with Crippen LogP contribution >= 0.6 is 15.9 Å². The number of hydrogen-bond donors (Lipinski definition) is 3. The Morgan fingerprint density at radius 2 is 1.76 bits per heavy atom. The summed E-state index contributed by atoms with van der Waals surface area (Å²) in [5.41, 5.74) is 2.52. The number of carbonyl (C=O) groups excluding carboxylic acids is 3. The van der Waals surface area contributed by atoms with Crippen LogP contribution in [0.25, 0.3) is 10.9 Å². The zero-order valence-corrected chi connectivity index (χ0v) is 17.6. The van der Waals surface area contributed by atoms with Gasteiger partial charge in [0.2, 0.25) is 0 Å². The number of benzene rings is 2. The molecule has 1 atom stereocenters. The first-order valence-corrected chi connectivity index (χ1v) is 10.1. The zero-order chi connectivity index (χ0) is 20.8. The van der Waals surface area contributed by atoms with E-state index in [1.807, 2.05) is 42.6 Å². The standard InChI is InChI=1S/C22H22BrN3O3/c1-14(27)6-11-21(28)20(12-15-13-24-19-5-3-2-4-18(15)19)26-22(29)25-17-9-7-16(23)8-10-17/h2-5,7-10,13,20,24H,6,11-12H2,1H3,(H2,25,26,29). The van der Waals surface area contributed by atoms with Crippen molar-refractivity contribution in [3.63, 3.8) is 0 Å². The van der Waals surface area contributed by atoms with Crippen LogP contribution in [-0.4, -0.2) is 28.6 Å². The van der Waals surface area contributed by atoms with Crippen LogP contribution in [0.1, 0.15) is 25.3 Å². The lowest BCUT2D eigenvalue weighted by Gasteiger charge is -2.18. The first-order valence-electron chi connectivity index (χ1n) is 9.32. The number of anilines is 1. The fourth-order valence-electron chi connectivity index (χ4n) is 3.10. The minimum Gasteiger partial charge on any atom is -0.361 e. The van der Waals surface area contributed by atoms with E-state index in [0.29, 0.717) is 12.1 Å². The van der Waals surface area contributed by atoms with Crippen molar-refractivity contribution in [2.24, 2.45) is 0 Å². The van der Waals surface area contributed by atoms with Crippen LogP contribution in [0.3, 0.4) is 0 Å². The molecule has 2 aromatic carbocycles. The van der Waals surface area contributed by atoms with E-state index in [9.17, 15) is 14.4 Å². The Morgan fingerprint density at radius 1 is 1.03 bits per heavy atom. The van der Waals surface area contributed by atoms with Gasteiger partial charge in [-0.1, -0.05) is 34.1 Å². The van der Waals surface area contributed by atoms with Gasteiger partial charge in [-0.3, -0.25) is 4.79 Å². The van der Waals surface area contributed by atoms with Gasteiger partial charge in [0.25, 0.3) is 0 Å². The number of H-pyrrole nitrogens is 1. The Hall–Kier alpha value is -2.93. The van der Waals surface area contributed by atoms with E-state index in [1.165, 1.54) is 6.92 Å². The first-order chi connectivity index (χ1) is 13.9. The van der Waals surface area contributed by atoms with Crippen molar-refractivity contribution in [1.82, 2.24) is 10.3 Å². The molecule has 1 aromatic heterocycles. The van der Waals surface area contributed by atoms with Crippen molar-refractivity contribution in [1.29, 1.82) is 0 Å². The highest BCUT2D eigenvalue weighted by atomic mass is 79.9. The van der Waals surface area contributed by atoms with Gasteiger partial charge in [0.15, 0.2) is 5.78 Å². The number of para-hydroxylation sites is 1. The fraction of sp³-hybridized carbons (Fsp3) is 0.227. The molecule has 6 nitrogen and oxygen atoms in total. The summed E-state index contributed by atoms with van der Waals surface area (Å²) in [4.78, 5) is 39.7. The van der Waals surface area contributed by atoms with Crippen LogP contribution in [-0.2, 0) is 16.0 Å². The third-order valence-corrected chi connectivity index (χ3v) is 5.15. The Balaban J connectivity index is 1.74. The van der Waals surface area contributed by atoms with Gasteiger partial charge >= 0.3 is 6.03 Å². The predicted molar refractivity (Wildman–Crippen MR) is 117 cm³/mol. The van der Waals surface area contributed by atoms with Gasteiger partial charge in [-0.2, -0.15) is 0 Å². The molecule has 0 saturated carbocycles. The summed E-state index contributed by atoms with van der Waals surface area (Å²) in [6, 6.07) is 13.7. The van der Waals surface area contributed by atoms with Gasteiger partial charge < -0.3 is 20.4 Å². The normalized spacial score (nSPS) is 11.8. The molecule has 3 rings (SSSR count). The van der Waals surface area contributed by atoms with Crippen LogP contribution in [0.2, 0.25) is 0 Å². The Labute approximate surface area is 177 Å². The number of Topliss-reactive ketones (excluding diaryl/α,β-unsaturated/α-hetero) is 2. The molecular weight excluding hydrogens is 434 g/mol. The molecule has 1 heterocycles. The number of urea groups is 1. The minimum atomic E-state index is -0.732. The van der Waals surface area contributed by atoms with Crippen LogP contribution in [0.4, 0.5) is 10.5 Å². The van der Waals surface area contributed by atoms with E-state index in [0.717, 1.165) is 20.9 Å². The van der Waals surface area contributed by atoms with Crippen LogP contribution in [0.15, 0.2) is 59.2 Å². The van der Waals surface area contributed by atoms with Gasteiger partial charge in [0.05, 0.1) is 6.04 Å². The van der Waals surface area contributed by atoms with Crippen molar-refractivity contribution in [3.05, 3.63) is 64.8 Å². The second-order valence-electron chi connectivity index (χ2n) is 6.89. The van der Waals surface area contributed by atoms with Gasteiger partial charge in [-0.25, -0.2) is 4.79 Å². The smallest absolute Gasteiger partial charge is 0.319 e. The molecule has 29 heavy (non-hydrogen) atoms. The molecule has 1 unspecified atom stereocenters. The lowest BCUT2D eigenvalue weighted by molar-refractivity contribution is -0.124. The highest BCUT2D eigenvalue weighted by Gasteiger charge is 2.22. The number of rotatable bonds is 8. The summed E-state index contributed by atoms with van der Waals surface area (Å²) in [7, 11) is 0. The van der Waals surface area contributed by atoms with Gasteiger partial charge in [0.1, 0.15) is 5.78 Å². The molecule has 0 radical (unpaired) electrons. The number of aromatic nitrogens is 1. The lowest BCUT2D eigenvalue weighted by Crippen LogP contribution is -2.44. The molecule has 3 aromatic rings. The second kappa shape index (κ2) is 9.52. The van der Waals surface area contributed by atoms with Crippen molar-refractivity contribution in [2.45, 2.75) is 32.2 Å². The maximum Gasteiger partial charge on any atom is 0.319 e. The Morgan fingerprint density at radius 3 is 2.48 bits per heavy atom. The largest absolute Gasteiger partial charge is 0.361 e. The minimum absolute atomic E-state index is 0.0523. The summed E-state index contributed by atoms with van der Waals surface area (Å²) in [6.07, 6.45) is 2.46. The molecule has 2 amide bonds. The van der Waals surface area contributed by atoms with Crippen molar-refractivity contribution < 1.29 is 14.4 Å². The number of nitrogens with one attached hydrogen (secondary N) is 3. The molecule has 3 N–H and O–H groups in total. The van der Waals surface area contributed by atoms with Crippen LogP contribution in [0, 0.1) is 0 Å². The quantitative estimate of drug-likeness (QED) is 0.463. The summed E-state index contributed by atoms with van der Waals surface area (Å²) < 4.78 is 0.903. The maximum absolute atomic E-state index is 12.7. The summed E-state index contributed by atoms with van der Waals surface area (Å²) >= 11 is 3.35. The van der Waals surface area contributed by atoms with Crippen LogP contribution < -0.4 is 10.6 Å². The number of hydrogen-bond acceptors (Lipinski definition) is 3. The van der Waals surface area contributed by atoms with Gasteiger partial charge in [-0.05, 0) is 42.8 Å². The second-order valence-corrected chi connectivity index (χ2v) is 7.81. The molecule has 0 saturated heterocycles. The Bertz CT molecular complexity index is 1030. The fourth-order valence-corrected chi connectivity index (χ4v) is 3.36. The van der Waals surface area contributed by atoms with Crippen molar-refractivity contribution in [3.8, 4) is 0 Å². The van der Waals surface area contributed by atoms with Crippen LogP contribution in [0.5, 0.6) is 0 Å². The highest BCUT2D eigenvalue weighted by molar-refractivity contribution is 9.10. The maximum atomic E-state index is 12.7. The summed E-state index contributed by atoms with van der Waals surface area (Å²) in [5.74, 6) is -0.222. The van der Waals surface area contributed by atoms with E-state index in [1.54, 1.807) is 12.1 Å². The number of ketones is 2. The van der Waals surface area contributed by atoms with Crippen molar-refractivity contribution >= 4 is 50.1 Å². The molecular formula is C22H22BrN3O3. The molecule has 150 valence electrons. The molecule has 0 aliphatic rings. The molecule has 0 spiro atoms. The monoisotopic (exact) mass is 455 g/mol. The van der Waals surface area contributed by atoms with E-state index >= 15 is 0 Å². The third kappa shape index (κ3) is 5.77. The number of carbonyl (C=O) groups is 3. The molecule has 0 bridgehead atoms. The SMILES string of the molecule is CC(=O)CCC(=O)C(Cc1c[nH]c2ccccc12)NC(=O)Nc1ccc(Br)cc1. The number of amides is 2. The van der Waals surface area contributed by atoms with E-state index in [4.69, 9.17) is 0 Å². The van der Waals surface area contributed by atoms with Crippen molar-refractivity contribution in [2.75, 3.05) is 5.32 Å². The number of fused-ring (bicyclic) bond motifs is 1. The highest BCUT2D eigenvalue weighted by Crippen LogP contribution is 2.20. The molecule has 0 aliphatic heterocycles. The predicted octanol–water partition coefficient (Wildman–Crippen LogP) is 4.60. The zero-order valence-electron chi connectivity index (χ0n) is 16.0. The molecule has 0 aliphatic carbocycles. The topological polar surface area (TPSA) is 91.1 Å². The summed E-state index contributed by atoms with van der Waals surface area (Å²) in [5, 5.41) is 6.51. The summed E-state index contributed by atoms with van der Waals surface area (Å²) in [6.45, 7) is 1.45. The molecule has 0 fully saturated rings. The van der Waals surface area contributed by atoms with E-state index in [2.05, 4.69) is 31.5 Å². The van der Waals surface area contributed by atoms with Gasteiger partial charge in [-0.15, -0.1) is 0 Å². The number of aromatic amines is 1. The number of halogens is 1. The van der Waals surface area contributed by atoms with E-state index < -0.39 is 12.1 Å². The first kappa shape index (κ1) is 20.8.